The summed E-state index contributed by atoms with van der Waals surface area (Å²) in [5, 5.41) is 8.79. The van der Waals surface area contributed by atoms with E-state index in [1.807, 2.05) is 0 Å². The fraction of sp³-hybridized carbons (Fsp3) is 0.211. The molecule has 0 unspecified atom stereocenters. The molecule has 0 saturated carbocycles. The third-order valence-electron chi connectivity index (χ3n) is 4.79. The first-order valence-corrected chi connectivity index (χ1v) is 9.87. The van der Waals surface area contributed by atoms with Crippen molar-refractivity contribution in [3.8, 4) is 11.3 Å². The van der Waals surface area contributed by atoms with E-state index >= 15 is 0 Å². The number of halogens is 2. The second-order valence-corrected chi connectivity index (χ2v) is 7.75. The molecule has 9 nitrogen and oxygen atoms in total. The molecule has 4 aromatic rings. The zero-order valence-electron chi connectivity index (χ0n) is 16.6. The Labute approximate surface area is 177 Å². The molecule has 0 bridgehead atoms. The van der Waals surface area contributed by atoms with Gasteiger partial charge in [-0.15, -0.1) is 11.3 Å². The largest absolute Gasteiger partial charge is 0.332 e. The van der Waals surface area contributed by atoms with Crippen molar-refractivity contribution in [1.82, 2.24) is 23.9 Å². The van der Waals surface area contributed by atoms with Gasteiger partial charge in [0, 0.05) is 38.2 Å². The van der Waals surface area contributed by atoms with E-state index in [1.54, 1.807) is 12.4 Å². The lowest BCUT2D eigenvalue weighted by Crippen LogP contribution is -2.37. The minimum atomic E-state index is -0.729. The number of hydrogen-bond acceptors (Lipinski definition) is 6. The Balaban J connectivity index is 1.61. The summed E-state index contributed by atoms with van der Waals surface area (Å²) in [6.07, 6.45) is -0.191. The second kappa shape index (κ2) is 7.54. The van der Waals surface area contributed by atoms with Gasteiger partial charge in [-0.25, -0.2) is 18.6 Å². The number of amides is 1. The van der Waals surface area contributed by atoms with Gasteiger partial charge in [0.1, 0.15) is 17.0 Å². The van der Waals surface area contributed by atoms with Crippen molar-refractivity contribution in [3.63, 3.8) is 0 Å². The molecule has 31 heavy (non-hydrogen) atoms. The molecule has 1 N–H and O–H groups in total. The number of hydrogen-bond donors (Lipinski definition) is 1. The molecule has 0 atom stereocenters. The normalized spacial score (nSPS) is 11.3. The van der Waals surface area contributed by atoms with Crippen LogP contribution in [0.3, 0.4) is 0 Å². The first kappa shape index (κ1) is 20.6. The van der Waals surface area contributed by atoms with Crippen LogP contribution in [-0.4, -0.2) is 29.8 Å². The maximum Gasteiger partial charge on any atom is 0.332 e. The standard InChI is InChI=1S/C19H16F2N6O3S/c1-25-16-15(17(29)26(2)19(25)30)13(27(3)24-16)7-14(28)23-18-22-12(8-31-18)9-4-10(20)6-11(21)5-9/h4-6,8H,7H2,1-3H3,(H,22,23,28). The monoisotopic (exact) mass is 446 g/mol. The lowest BCUT2D eigenvalue weighted by molar-refractivity contribution is -0.115. The highest BCUT2D eigenvalue weighted by Gasteiger charge is 2.20. The lowest BCUT2D eigenvalue weighted by atomic mass is 10.2. The average Bonchev–Trinajstić information content (AvgIpc) is 3.29. The first-order chi connectivity index (χ1) is 14.7. The van der Waals surface area contributed by atoms with E-state index in [4.69, 9.17) is 0 Å². The summed E-state index contributed by atoms with van der Waals surface area (Å²) in [5.41, 5.74) is 0.0231. The quantitative estimate of drug-likeness (QED) is 0.512. The Morgan fingerprint density at radius 3 is 2.45 bits per heavy atom. The zero-order valence-corrected chi connectivity index (χ0v) is 17.5. The number of aromatic nitrogens is 5. The fourth-order valence-electron chi connectivity index (χ4n) is 3.25. The number of anilines is 1. The van der Waals surface area contributed by atoms with Gasteiger partial charge in [0.15, 0.2) is 10.8 Å². The van der Waals surface area contributed by atoms with Crippen molar-refractivity contribution in [2.24, 2.45) is 21.1 Å². The van der Waals surface area contributed by atoms with Crippen molar-refractivity contribution in [1.29, 1.82) is 0 Å². The number of aryl methyl sites for hydroxylation is 2. The topological polar surface area (TPSA) is 104 Å². The first-order valence-electron chi connectivity index (χ1n) is 8.99. The highest BCUT2D eigenvalue weighted by atomic mass is 32.1. The molecule has 3 aromatic heterocycles. The summed E-state index contributed by atoms with van der Waals surface area (Å²) >= 11 is 1.09. The summed E-state index contributed by atoms with van der Waals surface area (Å²) in [6, 6.07) is 3.05. The number of carbonyl (C=O) groups excluding carboxylic acids is 1. The Morgan fingerprint density at radius 1 is 1.10 bits per heavy atom. The number of fused-ring (bicyclic) bond motifs is 1. The molecule has 0 aliphatic heterocycles. The molecule has 1 aromatic carbocycles. The molecule has 12 heteroatoms. The van der Waals surface area contributed by atoms with Crippen LogP contribution in [0.4, 0.5) is 13.9 Å². The molecule has 0 aliphatic carbocycles. The Morgan fingerprint density at radius 2 is 1.77 bits per heavy atom. The van der Waals surface area contributed by atoms with Crippen LogP contribution in [0.1, 0.15) is 5.69 Å². The molecule has 3 heterocycles. The molecule has 0 aliphatic rings. The summed E-state index contributed by atoms with van der Waals surface area (Å²) in [7, 11) is 4.42. The smallest absolute Gasteiger partial charge is 0.302 e. The number of thiazole rings is 1. The van der Waals surface area contributed by atoms with Crippen molar-refractivity contribution >= 4 is 33.4 Å². The fourth-order valence-corrected chi connectivity index (χ4v) is 3.99. The van der Waals surface area contributed by atoms with Crippen LogP contribution >= 0.6 is 11.3 Å². The van der Waals surface area contributed by atoms with Crippen molar-refractivity contribution in [2.45, 2.75) is 6.42 Å². The van der Waals surface area contributed by atoms with E-state index in [-0.39, 0.29) is 28.1 Å². The maximum atomic E-state index is 13.4. The van der Waals surface area contributed by atoms with Gasteiger partial charge in [-0.3, -0.25) is 23.4 Å². The number of nitrogens with one attached hydrogen (secondary N) is 1. The molecule has 0 spiro atoms. The number of nitrogens with zero attached hydrogens (tertiary/aromatic N) is 5. The Hall–Kier alpha value is -3.67. The van der Waals surface area contributed by atoms with E-state index in [2.05, 4.69) is 15.4 Å². The minimum absolute atomic E-state index is 0.178. The van der Waals surface area contributed by atoms with Gasteiger partial charge in [0.2, 0.25) is 5.91 Å². The van der Waals surface area contributed by atoms with Gasteiger partial charge >= 0.3 is 5.69 Å². The van der Waals surface area contributed by atoms with Crippen LogP contribution in [0.25, 0.3) is 22.3 Å². The van der Waals surface area contributed by atoms with E-state index in [9.17, 15) is 23.2 Å². The van der Waals surface area contributed by atoms with Gasteiger partial charge < -0.3 is 5.32 Å². The molecule has 4 rings (SSSR count). The van der Waals surface area contributed by atoms with Gasteiger partial charge in [0.25, 0.3) is 5.56 Å². The lowest BCUT2D eigenvalue weighted by Gasteiger charge is -2.05. The summed E-state index contributed by atoms with van der Waals surface area (Å²) in [4.78, 5) is 41.5. The van der Waals surface area contributed by atoms with Gasteiger partial charge in [-0.2, -0.15) is 5.10 Å². The molecular weight excluding hydrogens is 430 g/mol. The van der Waals surface area contributed by atoms with E-state index < -0.39 is 28.8 Å². The molecule has 0 radical (unpaired) electrons. The molecule has 0 fully saturated rings. The number of benzene rings is 1. The minimum Gasteiger partial charge on any atom is -0.302 e. The molecule has 0 saturated heterocycles. The van der Waals surface area contributed by atoms with Crippen molar-refractivity contribution in [2.75, 3.05) is 5.32 Å². The van der Waals surface area contributed by atoms with Crippen LogP contribution in [-0.2, 0) is 32.4 Å². The predicted octanol–water partition coefficient (Wildman–Crippen LogP) is 1.55. The summed E-state index contributed by atoms with van der Waals surface area (Å²) in [5.74, 6) is -1.92. The third-order valence-corrected chi connectivity index (χ3v) is 5.55. The van der Waals surface area contributed by atoms with E-state index in [1.165, 1.54) is 23.3 Å². The third kappa shape index (κ3) is 3.65. The second-order valence-electron chi connectivity index (χ2n) is 6.90. The van der Waals surface area contributed by atoms with Crippen LogP contribution in [0.15, 0.2) is 33.2 Å². The number of carbonyl (C=O) groups is 1. The van der Waals surface area contributed by atoms with Crippen molar-refractivity contribution < 1.29 is 13.6 Å². The Kier molecular flexibility index (Phi) is 5.01. The highest BCUT2D eigenvalue weighted by Crippen LogP contribution is 2.26. The van der Waals surface area contributed by atoms with Crippen LogP contribution in [0, 0.1) is 11.6 Å². The van der Waals surface area contributed by atoms with E-state index in [0.717, 1.165) is 34.1 Å². The van der Waals surface area contributed by atoms with Crippen molar-refractivity contribution in [3.05, 3.63) is 61.7 Å². The average molecular weight is 446 g/mol. The molecule has 1 amide bonds. The summed E-state index contributed by atoms with van der Waals surface area (Å²) < 4.78 is 30.4. The molecule has 160 valence electrons. The molecular formula is C19H16F2N6O3S. The van der Waals surface area contributed by atoms with Crippen LogP contribution in [0.2, 0.25) is 0 Å². The Bertz CT molecular complexity index is 1450. The maximum absolute atomic E-state index is 13.4. The van der Waals surface area contributed by atoms with Crippen LogP contribution < -0.4 is 16.6 Å². The van der Waals surface area contributed by atoms with Crippen LogP contribution in [0.5, 0.6) is 0 Å². The van der Waals surface area contributed by atoms with E-state index in [0.29, 0.717) is 11.4 Å². The van der Waals surface area contributed by atoms with Gasteiger partial charge in [0.05, 0.1) is 17.8 Å². The van der Waals surface area contributed by atoms with Gasteiger partial charge in [-0.1, -0.05) is 0 Å². The SMILES string of the molecule is Cn1nc2c(c1CC(=O)Nc1nc(-c3cc(F)cc(F)c3)cs1)c(=O)n(C)c(=O)n2C. The zero-order chi connectivity index (χ0) is 22.4. The highest BCUT2D eigenvalue weighted by molar-refractivity contribution is 7.14. The predicted molar refractivity (Wildman–Crippen MR) is 111 cm³/mol. The number of rotatable bonds is 4. The summed E-state index contributed by atoms with van der Waals surface area (Å²) in [6.45, 7) is 0. The van der Waals surface area contributed by atoms with Gasteiger partial charge in [-0.05, 0) is 12.1 Å².